The first-order valence-corrected chi connectivity index (χ1v) is 16.5. The highest BCUT2D eigenvalue weighted by Gasteiger charge is 2.40. The molecule has 0 unspecified atom stereocenters. The van der Waals surface area contributed by atoms with E-state index in [0.717, 1.165) is 76.2 Å². The molecule has 0 atom stereocenters. The number of fused-ring (bicyclic) bond motifs is 1. The molecule has 0 spiro atoms. The van der Waals surface area contributed by atoms with Crippen LogP contribution in [0.25, 0.3) is 33.3 Å². The zero-order valence-corrected chi connectivity index (χ0v) is 26.9. The third-order valence-electron chi connectivity index (χ3n) is 9.62. The Balaban J connectivity index is 1.40. The predicted octanol–water partition coefficient (Wildman–Crippen LogP) is 8.50. The average molecular weight is 630 g/mol. The minimum Gasteiger partial charge on any atom is -0.368 e. The SMILES string of the molecule is CN1CCN(c2ccnc3ccc(-c4cn(C(c5ccccc5)(c5ccccc5)c5ccccc5)nc4-c4ccc(F)cc4)cc23)CC1. The second-order valence-corrected chi connectivity index (χ2v) is 12.5. The van der Waals surface area contributed by atoms with Gasteiger partial charge in [-0.15, -0.1) is 0 Å². The Bertz CT molecular complexity index is 2060. The fourth-order valence-corrected chi connectivity index (χ4v) is 7.14. The minimum atomic E-state index is -0.791. The van der Waals surface area contributed by atoms with Crippen molar-refractivity contribution < 1.29 is 4.39 Å². The molecular formula is C42H36FN5. The smallest absolute Gasteiger partial charge is 0.138 e. The molecule has 8 rings (SSSR count). The van der Waals surface area contributed by atoms with Crippen LogP contribution in [0.3, 0.4) is 0 Å². The van der Waals surface area contributed by atoms with E-state index in [4.69, 9.17) is 10.1 Å². The molecule has 5 aromatic carbocycles. The predicted molar refractivity (Wildman–Crippen MR) is 193 cm³/mol. The van der Waals surface area contributed by atoms with Crippen molar-refractivity contribution in [2.24, 2.45) is 0 Å². The summed E-state index contributed by atoms with van der Waals surface area (Å²) in [5.41, 5.74) is 8.23. The lowest BCUT2D eigenvalue weighted by molar-refractivity contribution is 0.313. The molecule has 1 aliphatic heterocycles. The second kappa shape index (κ2) is 12.5. The Kier molecular flexibility index (Phi) is 7.79. The van der Waals surface area contributed by atoms with E-state index < -0.39 is 5.54 Å². The second-order valence-electron chi connectivity index (χ2n) is 12.5. The third kappa shape index (κ3) is 5.24. The number of likely N-dealkylation sites (N-methyl/N-ethyl adjacent to an activating group) is 1. The summed E-state index contributed by atoms with van der Waals surface area (Å²) in [5, 5.41) is 6.56. The standard InChI is InChI=1S/C42H36FN5/c1-46-25-27-47(28-26-46)40-23-24-44-39-22-19-32(29-37(39)40)38-30-48(45-41(38)31-17-20-36(43)21-18-31)42(33-11-5-2-6-12-33,34-13-7-3-8-14-34)35-15-9-4-10-16-35/h2-24,29-30H,25-28H2,1H3. The Morgan fingerprint density at radius 3 is 1.77 bits per heavy atom. The maximum Gasteiger partial charge on any atom is 0.138 e. The lowest BCUT2D eigenvalue weighted by Crippen LogP contribution is -2.44. The van der Waals surface area contributed by atoms with E-state index in [1.165, 1.54) is 17.8 Å². The number of rotatable bonds is 7. The van der Waals surface area contributed by atoms with Crippen LogP contribution >= 0.6 is 0 Å². The van der Waals surface area contributed by atoms with Gasteiger partial charge in [0.15, 0.2) is 0 Å². The summed E-state index contributed by atoms with van der Waals surface area (Å²) < 4.78 is 16.4. The normalized spacial score (nSPS) is 14.0. The van der Waals surface area contributed by atoms with Gasteiger partial charge in [-0.25, -0.2) is 4.39 Å². The van der Waals surface area contributed by atoms with Crippen LogP contribution in [0.2, 0.25) is 0 Å². The lowest BCUT2D eigenvalue weighted by Gasteiger charge is -2.36. The molecule has 1 aliphatic rings. The van der Waals surface area contributed by atoms with Crippen molar-refractivity contribution in [2.45, 2.75) is 5.54 Å². The fourth-order valence-electron chi connectivity index (χ4n) is 7.14. The number of hydrogen-bond donors (Lipinski definition) is 0. The Morgan fingerprint density at radius 1 is 0.625 bits per heavy atom. The van der Waals surface area contributed by atoms with Gasteiger partial charge in [-0.05, 0) is 71.8 Å². The number of piperazine rings is 1. The fraction of sp³-hybridized carbons (Fsp3) is 0.143. The van der Waals surface area contributed by atoms with E-state index in [-0.39, 0.29) is 5.82 Å². The van der Waals surface area contributed by atoms with E-state index in [9.17, 15) is 4.39 Å². The van der Waals surface area contributed by atoms with E-state index in [1.54, 1.807) is 0 Å². The lowest BCUT2D eigenvalue weighted by atomic mass is 9.77. The summed E-state index contributed by atoms with van der Waals surface area (Å²) in [6.07, 6.45) is 4.07. The first-order chi connectivity index (χ1) is 23.6. The van der Waals surface area contributed by atoms with Crippen LogP contribution in [-0.2, 0) is 5.54 Å². The quantitative estimate of drug-likeness (QED) is 0.166. The number of halogens is 1. The molecule has 3 heterocycles. The first-order valence-electron chi connectivity index (χ1n) is 16.5. The zero-order chi connectivity index (χ0) is 32.5. The minimum absolute atomic E-state index is 0.277. The monoisotopic (exact) mass is 629 g/mol. The van der Waals surface area contributed by atoms with Crippen LogP contribution in [0.1, 0.15) is 16.7 Å². The molecule has 0 radical (unpaired) electrons. The number of hydrogen-bond acceptors (Lipinski definition) is 4. The van der Waals surface area contributed by atoms with E-state index in [2.05, 4.69) is 125 Å². The Hall–Kier alpha value is -5.59. The molecule has 1 saturated heterocycles. The van der Waals surface area contributed by atoms with Crippen LogP contribution in [0.4, 0.5) is 10.1 Å². The van der Waals surface area contributed by atoms with Crippen molar-refractivity contribution in [3.05, 3.63) is 174 Å². The van der Waals surface area contributed by atoms with Gasteiger partial charge in [0, 0.05) is 60.8 Å². The van der Waals surface area contributed by atoms with Crippen molar-refractivity contribution in [3.8, 4) is 22.4 Å². The van der Waals surface area contributed by atoms with Crippen LogP contribution in [-0.4, -0.2) is 52.9 Å². The maximum atomic E-state index is 14.3. The first kappa shape index (κ1) is 29.8. The highest BCUT2D eigenvalue weighted by molar-refractivity contribution is 5.96. The molecule has 48 heavy (non-hydrogen) atoms. The summed E-state index contributed by atoms with van der Waals surface area (Å²) >= 11 is 0. The van der Waals surface area contributed by atoms with Gasteiger partial charge in [0.2, 0.25) is 0 Å². The van der Waals surface area contributed by atoms with E-state index >= 15 is 0 Å². The summed E-state index contributed by atoms with van der Waals surface area (Å²) in [5.74, 6) is -0.277. The van der Waals surface area contributed by atoms with Gasteiger partial charge in [0.25, 0.3) is 0 Å². The molecule has 6 heteroatoms. The van der Waals surface area contributed by atoms with E-state index in [0.29, 0.717) is 0 Å². The van der Waals surface area contributed by atoms with Crippen molar-refractivity contribution >= 4 is 16.6 Å². The maximum absolute atomic E-state index is 14.3. The zero-order valence-electron chi connectivity index (χ0n) is 26.9. The molecule has 5 nitrogen and oxygen atoms in total. The number of aromatic nitrogens is 3. The average Bonchev–Trinajstić information content (AvgIpc) is 3.59. The molecule has 1 fully saturated rings. The van der Waals surface area contributed by atoms with Crippen molar-refractivity contribution in [1.29, 1.82) is 0 Å². The molecule has 0 amide bonds. The van der Waals surface area contributed by atoms with Crippen LogP contribution in [0.5, 0.6) is 0 Å². The van der Waals surface area contributed by atoms with Gasteiger partial charge in [0.05, 0.1) is 5.52 Å². The van der Waals surface area contributed by atoms with Gasteiger partial charge < -0.3 is 9.80 Å². The summed E-state index contributed by atoms with van der Waals surface area (Å²) in [6, 6.07) is 46.9. The van der Waals surface area contributed by atoms with Crippen LogP contribution < -0.4 is 4.90 Å². The number of nitrogens with zero attached hydrogens (tertiary/aromatic N) is 5. The summed E-state index contributed by atoms with van der Waals surface area (Å²) in [4.78, 5) is 9.57. The van der Waals surface area contributed by atoms with Gasteiger partial charge >= 0.3 is 0 Å². The van der Waals surface area contributed by atoms with Gasteiger partial charge in [0.1, 0.15) is 17.1 Å². The van der Waals surface area contributed by atoms with Crippen LogP contribution in [0, 0.1) is 5.82 Å². The molecule has 0 bridgehead atoms. The number of anilines is 1. The molecule has 236 valence electrons. The van der Waals surface area contributed by atoms with Crippen molar-refractivity contribution in [2.75, 3.05) is 38.1 Å². The topological polar surface area (TPSA) is 37.2 Å². The number of pyridine rings is 1. The van der Waals surface area contributed by atoms with Crippen molar-refractivity contribution in [3.63, 3.8) is 0 Å². The van der Waals surface area contributed by atoms with Gasteiger partial charge in [-0.3, -0.25) is 9.67 Å². The highest BCUT2D eigenvalue weighted by atomic mass is 19.1. The van der Waals surface area contributed by atoms with Crippen molar-refractivity contribution in [1.82, 2.24) is 19.7 Å². The highest BCUT2D eigenvalue weighted by Crippen LogP contribution is 2.44. The summed E-state index contributed by atoms with van der Waals surface area (Å²) in [7, 11) is 2.18. The van der Waals surface area contributed by atoms with E-state index in [1.807, 2.05) is 36.5 Å². The third-order valence-corrected chi connectivity index (χ3v) is 9.62. The van der Waals surface area contributed by atoms with Gasteiger partial charge in [-0.1, -0.05) is 97.1 Å². The van der Waals surface area contributed by atoms with Gasteiger partial charge in [-0.2, -0.15) is 5.10 Å². The number of benzene rings is 5. The summed E-state index contributed by atoms with van der Waals surface area (Å²) in [6.45, 7) is 3.97. The Morgan fingerprint density at radius 2 is 1.19 bits per heavy atom. The molecule has 0 saturated carbocycles. The molecule has 0 N–H and O–H groups in total. The Labute approximate surface area is 280 Å². The van der Waals surface area contributed by atoms with Crippen LogP contribution in [0.15, 0.2) is 152 Å². The molecule has 0 aliphatic carbocycles. The molecule has 7 aromatic rings. The largest absolute Gasteiger partial charge is 0.368 e. The molecule has 2 aromatic heterocycles. The molecular weight excluding hydrogens is 593 g/mol.